The van der Waals surface area contributed by atoms with E-state index in [0.717, 1.165) is 5.82 Å². The summed E-state index contributed by atoms with van der Waals surface area (Å²) in [6.07, 6.45) is 5.57. The molecule has 3 nitrogen and oxygen atoms in total. The first-order valence-electron chi connectivity index (χ1n) is 5.30. The molecule has 0 atom stereocenters. The molecule has 2 aromatic heterocycles. The topological polar surface area (TPSA) is 22.8 Å². The molecule has 0 aliphatic rings. The van der Waals surface area contributed by atoms with E-state index < -0.39 is 0 Å². The summed E-state index contributed by atoms with van der Waals surface area (Å²) in [6.45, 7) is 2.11. The van der Waals surface area contributed by atoms with E-state index in [1.807, 2.05) is 17.1 Å². The third-order valence-corrected chi connectivity index (χ3v) is 2.94. The Morgan fingerprint density at radius 3 is 2.81 bits per heavy atom. The van der Waals surface area contributed by atoms with E-state index in [4.69, 9.17) is 0 Å². The average molecular weight is 211 g/mol. The van der Waals surface area contributed by atoms with Gasteiger partial charge in [-0.05, 0) is 25.1 Å². The van der Waals surface area contributed by atoms with Crippen LogP contribution in [0.25, 0.3) is 16.7 Å². The number of imidazole rings is 1. The molecule has 80 valence electrons. The van der Waals surface area contributed by atoms with Crippen LogP contribution in [0.15, 0.2) is 43.0 Å². The van der Waals surface area contributed by atoms with Crippen molar-refractivity contribution in [2.24, 2.45) is 7.05 Å². The maximum atomic E-state index is 4.08. The van der Waals surface area contributed by atoms with Crippen molar-refractivity contribution in [3.8, 4) is 5.82 Å². The van der Waals surface area contributed by atoms with Gasteiger partial charge in [0.05, 0.1) is 0 Å². The van der Waals surface area contributed by atoms with Gasteiger partial charge in [0.25, 0.3) is 0 Å². The van der Waals surface area contributed by atoms with Crippen molar-refractivity contribution in [3.05, 3.63) is 48.5 Å². The van der Waals surface area contributed by atoms with Gasteiger partial charge < -0.3 is 4.57 Å². The van der Waals surface area contributed by atoms with Crippen LogP contribution in [0.4, 0.5) is 0 Å². The van der Waals surface area contributed by atoms with E-state index in [0.29, 0.717) is 0 Å². The Morgan fingerprint density at radius 1 is 1.19 bits per heavy atom. The lowest BCUT2D eigenvalue weighted by molar-refractivity contribution is 0.867. The molecule has 0 aliphatic heterocycles. The Morgan fingerprint density at radius 2 is 2.06 bits per heavy atom. The summed E-state index contributed by atoms with van der Waals surface area (Å²) in [5.74, 6) is 1.14. The van der Waals surface area contributed by atoms with Crippen molar-refractivity contribution in [2.45, 2.75) is 6.92 Å². The van der Waals surface area contributed by atoms with E-state index in [-0.39, 0.29) is 0 Å². The molecule has 0 unspecified atom stereocenters. The van der Waals surface area contributed by atoms with E-state index in [1.54, 1.807) is 6.20 Å². The maximum absolute atomic E-state index is 4.08. The summed E-state index contributed by atoms with van der Waals surface area (Å²) in [5.41, 5.74) is 2.53. The van der Waals surface area contributed by atoms with E-state index in [9.17, 15) is 0 Å². The number of aromatic nitrogens is 3. The molecule has 0 radical (unpaired) electrons. The Balaban J connectivity index is 2.31. The summed E-state index contributed by atoms with van der Waals surface area (Å²) in [6, 6.07) is 8.69. The van der Waals surface area contributed by atoms with Gasteiger partial charge in [-0.25, -0.2) is 4.98 Å². The quantitative estimate of drug-likeness (QED) is 0.606. The summed E-state index contributed by atoms with van der Waals surface area (Å²) in [7, 11) is 2.08. The minimum atomic E-state index is 1.14. The van der Waals surface area contributed by atoms with E-state index >= 15 is 0 Å². The fraction of sp³-hybridized carbons (Fsp3) is 0.154. The second kappa shape index (κ2) is 3.23. The molecule has 0 saturated carbocycles. The van der Waals surface area contributed by atoms with Crippen LogP contribution in [0.3, 0.4) is 0 Å². The normalized spacial score (nSPS) is 11.1. The zero-order chi connectivity index (χ0) is 11.1. The standard InChI is InChI=1S/C13H13N3/c1-10-3-4-12-11(7-10)8-13(15(12)2)16-6-5-14-9-16/h3-9H,1-2H3. The first-order valence-corrected chi connectivity index (χ1v) is 5.30. The molecule has 3 rings (SSSR count). The molecule has 3 aromatic rings. The van der Waals surface area contributed by atoms with Crippen LogP contribution < -0.4 is 0 Å². The van der Waals surface area contributed by atoms with Crippen molar-refractivity contribution in [1.29, 1.82) is 0 Å². The zero-order valence-corrected chi connectivity index (χ0v) is 9.38. The average Bonchev–Trinajstić information content (AvgIpc) is 2.86. The highest BCUT2D eigenvalue weighted by molar-refractivity contribution is 5.83. The number of fused-ring (bicyclic) bond motifs is 1. The number of rotatable bonds is 1. The number of hydrogen-bond acceptors (Lipinski definition) is 1. The fourth-order valence-electron chi connectivity index (χ4n) is 2.10. The molecule has 0 amide bonds. The maximum Gasteiger partial charge on any atom is 0.118 e. The zero-order valence-electron chi connectivity index (χ0n) is 9.38. The van der Waals surface area contributed by atoms with Crippen LogP contribution in [-0.2, 0) is 7.05 Å². The number of nitrogens with zero attached hydrogens (tertiary/aromatic N) is 3. The van der Waals surface area contributed by atoms with Crippen molar-refractivity contribution >= 4 is 10.9 Å². The van der Waals surface area contributed by atoms with E-state index in [2.05, 4.69) is 47.8 Å². The lowest BCUT2D eigenvalue weighted by Gasteiger charge is -2.03. The smallest absolute Gasteiger partial charge is 0.118 e. The van der Waals surface area contributed by atoms with Gasteiger partial charge in [-0.3, -0.25) is 4.57 Å². The van der Waals surface area contributed by atoms with Crippen LogP contribution in [0.1, 0.15) is 5.56 Å². The number of hydrogen-bond donors (Lipinski definition) is 0. The molecule has 1 aromatic carbocycles. The summed E-state index contributed by atoms with van der Waals surface area (Å²) < 4.78 is 4.20. The lowest BCUT2D eigenvalue weighted by Crippen LogP contribution is -1.98. The third-order valence-electron chi connectivity index (χ3n) is 2.94. The Hall–Kier alpha value is -2.03. The second-order valence-electron chi connectivity index (χ2n) is 4.09. The van der Waals surface area contributed by atoms with Crippen molar-refractivity contribution in [2.75, 3.05) is 0 Å². The van der Waals surface area contributed by atoms with Crippen molar-refractivity contribution in [1.82, 2.24) is 14.1 Å². The number of benzene rings is 1. The monoisotopic (exact) mass is 211 g/mol. The third kappa shape index (κ3) is 1.25. The van der Waals surface area contributed by atoms with Gasteiger partial charge in [-0.2, -0.15) is 0 Å². The first kappa shape index (κ1) is 9.21. The Bertz CT molecular complexity index is 633. The molecule has 0 saturated heterocycles. The van der Waals surface area contributed by atoms with Gasteiger partial charge in [0.1, 0.15) is 12.1 Å². The predicted molar refractivity (Wildman–Crippen MR) is 64.8 cm³/mol. The highest BCUT2D eigenvalue weighted by Gasteiger charge is 2.06. The molecule has 0 N–H and O–H groups in total. The van der Waals surface area contributed by atoms with Crippen LogP contribution in [0.2, 0.25) is 0 Å². The van der Waals surface area contributed by atoms with Crippen LogP contribution in [0.5, 0.6) is 0 Å². The second-order valence-corrected chi connectivity index (χ2v) is 4.09. The highest BCUT2D eigenvalue weighted by Crippen LogP contribution is 2.22. The SMILES string of the molecule is Cc1ccc2c(c1)cc(-n1ccnc1)n2C. The minimum absolute atomic E-state index is 1.14. The minimum Gasteiger partial charge on any atom is -0.330 e. The van der Waals surface area contributed by atoms with Gasteiger partial charge in [-0.15, -0.1) is 0 Å². The van der Waals surface area contributed by atoms with Gasteiger partial charge in [0.2, 0.25) is 0 Å². The molecule has 2 heterocycles. The van der Waals surface area contributed by atoms with Gasteiger partial charge in [0, 0.05) is 30.3 Å². The molecule has 0 spiro atoms. The van der Waals surface area contributed by atoms with Crippen molar-refractivity contribution < 1.29 is 0 Å². The largest absolute Gasteiger partial charge is 0.330 e. The predicted octanol–water partition coefficient (Wildman–Crippen LogP) is 2.67. The van der Waals surface area contributed by atoms with Crippen molar-refractivity contribution in [3.63, 3.8) is 0 Å². The molecular formula is C13H13N3. The summed E-state index contributed by atoms with van der Waals surface area (Å²) in [4.78, 5) is 4.08. The van der Waals surface area contributed by atoms with Crippen LogP contribution in [0, 0.1) is 6.92 Å². The Labute approximate surface area is 94.0 Å². The van der Waals surface area contributed by atoms with Gasteiger partial charge >= 0.3 is 0 Å². The van der Waals surface area contributed by atoms with Crippen LogP contribution in [-0.4, -0.2) is 14.1 Å². The first-order chi connectivity index (χ1) is 7.75. The molecular weight excluding hydrogens is 198 g/mol. The lowest BCUT2D eigenvalue weighted by atomic mass is 10.2. The highest BCUT2D eigenvalue weighted by atomic mass is 15.2. The molecule has 16 heavy (non-hydrogen) atoms. The fourth-order valence-corrected chi connectivity index (χ4v) is 2.10. The summed E-state index contributed by atoms with van der Waals surface area (Å²) in [5, 5.41) is 1.27. The van der Waals surface area contributed by atoms with Gasteiger partial charge in [-0.1, -0.05) is 11.6 Å². The van der Waals surface area contributed by atoms with Gasteiger partial charge in [0.15, 0.2) is 0 Å². The molecule has 0 bridgehead atoms. The molecule has 0 aliphatic carbocycles. The number of aryl methyl sites for hydroxylation is 2. The molecule has 3 heteroatoms. The van der Waals surface area contributed by atoms with Crippen LogP contribution >= 0.6 is 0 Å². The summed E-state index contributed by atoms with van der Waals surface area (Å²) >= 11 is 0. The Kier molecular flexibility index (Phi) is 1.86. The van der Waals surface area contributed by atoms with E-state index in [1.165, 1.54) is 16.5 Å². The molecule has 0 fully saturated rings.